The van der Waals surface area contributed by atoms with Crippen LogP contribution in [0.4, 0.5) is 0 Å². The molecule has 108 valence electrons. The number of rotatable bonds is 3. The van der Waals surface area contributed by atoms with E-state index >= 15 is 0 Å². The summed E-state index contributed by atoms with van der Waals surface area (Å²) in [7, 11) is 1.64. The molecule has 0 saturated carbocycles. The van der Waals surface area contributed by atoms with Crippen molar-refractivity contribution >= 4 is 10.9 Å². The Balaban J connectivity index is 1.70. The normalized spacial score (nSPS) is 11.0. The summed E-state index contributed by atoms with van der Waals surface area (Å²) in [6.45, 7) is 0. The molecule has 0 spiro atoms. The zero-order valence-corrected chi connectivity index (χ0v) is 11.9. The third-order valence-corrected chi connectivity index (χ3v) is 3.53. The number of H-pyrrole nitrogens is 1. The minimum Gasteiger partial charge on any atom is -0.497 e. The SMILES string of the molecule is COc1ccc(-c2noc(-c3cc4ccccc4[nH]3)n2)cc1. The second-order valence-electron chi connectivity index (χ2n) is 4.92. The van der Waals surface area contributed by atoms with Gasteiger partial charge in [-0.15, -0.1) is 0 Å². The maximum absolute atomic E-state index is 5.37. The lowest BCUT2D eigenvalue weighted by atomic mass is 10.2. The van der Waals surface area contributed by atoms with E-state index in [1.165, 1.54) is 0 Å². The summed E-state index contributed by atoms with van der Waals surface area (Å²) < 4.78 is 10.5. The molecule has 2 heterocycles. The van der Waals surface area contributed by atoms with Crippen LogP contribution in [0.1, 0.15) is 0 Å². The molecule has 0 unspecified atom stereocenters. The molecule has 5 heteroatoms. The van der Waals surface area contributed by atoms with Crippen molar-refractivity contribution in [2.24, 2.45) is 0 Å². The van der Waals surface area contributed by atoms with Crippen LogP contribution in [0.3, 0.4) is 0 Å². The van der Waals surface area contributed by atoms with Crippen LogP contribution in [-0.2, 0) is 0 Å². The first-order valence-electron chi connectivity index (χ1n) is 6.90. The van der Waals surface area contributed by atoms with Gasteiger partial charge in [0, 0.05) is 16.5 Å². The lowest BCUT2D eigenvalue weighted by molar-refractivity contribution is 0.414. The Kier molecular flexibility index (Phi) is 2.89. The molecule has 0 fully saturated rings. The standard InChI is InChI=1S/C17H13N3O2/c1-21-13-8-6-11(7-9-13)16-19-17(22-20-16)15-10-12-4-2-3-5-14(12)18-15/h2-10,18H,1H3. The number of para-hydroxylation sites is 1. The van der Waals surface area contributed by atoms with Gasteiger partial charge in [0.25, 0.3) is 5.89 Å². The largest absolute Gasteiger partial charge is 0.497 e. The zero-order chi connectivity index (χ0) is 14.9. The molecule has 0 atom stereocenters. The molecule has 0 saturated heterocycles. The van der Waals surface area contributed by atoms with Crippen molar-refractivity contribution in [2.75, 3.05) is 7.11 Å². The minimum atomic E-state index is 0.474. The van der Waals surface area contributed by atoms with Crippen LogP contribution < -0.4 is 4.74 Å². The third kappa shape index (κ3) is 2.13. The molecule has 0 bridgehead atoms. The van der Waals surface area contributed by atoms with E-state index in [-0.39, 0.29) is 0 Å². The molecule has 0 amide bonds. The van der Waals surface area contributed by atoms with Gasteiger partial charge >= 0.3 is 0 Å². The fourth-order valence-corrected chi connectivity index (χ4v) is 2.38. The van der Waals surface area contributed by atoms with Gasteiger partial charge in [-0.05, 0) is 36.4 Å². The van der Waals surface area contributed by atoms with Gasteiger partial charge in [-0.3, -0.25) is 0 Å². The van der Waals surface area contributed by atoms with Crippen LogP contribution in [0.25, 0.3) is 33.9 Å². The summed E-state index contributed by atoms with van der Waals surface area (Å²) in [6, 6.07) is 17.6. The second kappa shape index (κ2) is 5.04. The number of hydrogen-bond acceptors (Lipinski definition) is 4. The first-order valence-corrected chi connectivity index (χ1v) is 6.90. The summed E-state index contributed by atoms with van der Waals surface area (Å²) in [5, 5.41) is 5.15. The van der Waals surface area contributed by atoms with Crippen molar-refractivity contribution in [2.45, 2.75) is 0 Å². The quantitative estimate of drug-likeness (QED) is 0.622. The lowest BCUT2D eigenvalue weighted by Gasteiger charge is -1.98. The van der Waals surface area contributed by atoms with E-state index in [4.69, 9.17) is 9.26 Å². The van der Waals surface area contributed by atoms with Gasteiger partial charge in [-0.2, -0.15) is 4.98 Å². The topological polar surface area (TPSA) is 63.9 Å². The highest BCUT2D eigenvalue weighted by Crippen LogP contribution is 2.26. The molecule has 5 nitrogen and oxygen atoms in total. The summed E-state index contributed by atoms with van der Waals surface area (Å²) in [5.74, 6) is 1.82. The van der Waals surface area contributed by atoms with Crippen molar-refractivity contribution in [1.82, 2.24) is 15.1 Å². The van der Waals surface area contributed by atoms with Crippen LogP contribution in [-0.4, -0.2) is 22.2 Å². The van der Waals surface area contributed by atoms with Gasteiger partial charge in [-0.25, -0.2) is 0 Å². The van der Waals surface area contributed by atoms with Crippen molar-refractivity contribution in [3.8, 4) is 28.7 Å². The molecule has 22 heavy (non-hydrogen) atoms. The Bertz CT molecular complexity index is 889. The Morgan fingerprint density at radius 3 is 2.64 bits per heavy atom. The fraction of sp³-hybridized carbons (Fsp3) is 0.0588. The predicted octanol–water partition coefficient (Wildman–Crippen LogP) is 3.89. The number of aromatic nitrogens is 3. The zero-order valence-electron chi connectivity index (χ0n) is 11.9. The molecule has 0 aliphatic rings. The van der Waals surface area contributed by atoms with Crippen LogP contribution >= 0.6 is 0 Å². The van der Waals surface area contributed by atoms with E-state index in [2.05, 4.69) is 15.1 Å². The molecule has 2 aromatic heterocycles. The van der Waals surface area contributed by atoms with E-state index < -0.39 is 0 Å². The number of aromatic amines is 1. The third-order valence-electron chi connectivity index (χ3n) is 3.53. The average Bonchev–Trinajstić information content (AvgIpc) is 3.21. The molecular weight excluding hydrogens is 278 g/mol. The first kappa shape index (κ1) is 12.6. The monoisotopic (exact) mass is 291 g/mol. The van der Waals surface area contributed by atoms with E-state index in [9.17, 15) is 0 Å². The second-order valence-corrected chi connectivity index (χ2v) is 4.92. The highest BCUT2D eigenvalue weighted by Gasteiger charge is 2.12. The Labute approximate surface area is 126 Å². The van der Waals surface area contributed by atoms with Crippen molar-refractivity contribution in [3.05, 3.63) is 54.6 Å². The number of benzene rings is 2. The number of nitrogens with zero attached hydrogens (tertiary/aromatic N) is 2. The predicted molar refractivity (Wildman–Crippen MR) is 83.6 cm³/mol. The number of hydrogen-bond donors (Lipinski definition) is 1. The summed E-state index contributed by atoms with van der Waals surface area (Å²) in [6.07, 6.45) is 0. The van der Waals surface area contributed by atoms with Crippen LogP contribution in [0, 0.1) is 0 Å². The van der Waals surface area contributed by atoms with Gasteiger partial charge < -0.3 is 14.2 Å². The molecule has 4 aromatic rings. The maximum Gasteiger partial charge on any atom is 0.274 e. The summed E-state index contributed by atoms with van der Waals surface area (Å²) in [5.41, 5.74) is 2.74. The average molecular weight is 291 g/mol. The minimum absolute atomic E-state index is 0.474. The van der Waals surface area contributed by atoms with Crippen LogP contribution in [0.5, 0.6) is 5.75 Å². The highest BCUT2D eigenvalue weighted by molar-refractivity contribution is 5.84. The van der Waals surface area contributed by atoms with Crippen molar-refractivity contribution in [1.29, 1.82) is 0 Å². The lowest BCUT2D eigenvalue weighted by Crippen LogP contribution is -1.84. The molecule has 0 radical (unpaired) electrons. The Hall–Kier alpha value is -3.08. The fourth-order valence-electron chi connectivity index (χ4n) is 2.38. The van der Waals surface area contributed by atoms with Gasteiger partial charge in [0.15, 0.2) is 0 Å². The van der Waals surface area contributed by atoms with E-state index in [1.807, 2.05) is 54.6 Å². The number of ether oxygens (including phenoxy) is 1. The number of methoxy groups -OCH3 is 1. The van der Waals surface area contributed by atoms with E-state index in [1.54, 1.807) is 7.11 Å². The van der Waals surface area contributed by atoms with E-state index in [0.717, 1.165) is 27.9 Å². The molecular formula is C17H13N3O2. The number of nitrogens with one attached hydrogen (secondary N) is 1. The van der Waals surface area contributed by atoms with Crippen molar-refractivity contribution < 1.29 is 9.26 Å². The number of fused-ring (bicyclic) bond motifs is 1. The molecule has 2 aromatic carbocycles. The van der Waals surface area contributed by atoms with E-state index in [0.29, 0.717) is 11.7 Å². The van der Waals surface area contributed by atoms with Gasteiger partial charge in [0.2, 0.25) is 5.82 Å². The van der Waals surface area contributed by atoms with Gasteiger partial charge in [-0.1, -0.05) is 23.4 Å². The van der Waals surface area contributed by atoms with Crippen LogP contribution in [0.2, 0.25) is 0 Å². The highest BCUT2D eigenvalue weighted by atomic mass is 16.5. The summed E-state index contributed by atoms with van der Waals surface area (Å²) >= 11 is 0. The molecule has 0 aliphatic heterocycles. The van der Waals surface area contributed by atoms with Gasteiger partial charge in [0.05, 0.1) is 7.11 Å². The summed E-state index contributed by atoms with van der Waals surface area (Å²) in [4.78, 5) is 7.73. The van der Waals surface area contributed by atoms with Crippen molar-refractivity contribution in [3.63, 3.8) is 0 Å². The van der Waals surface area contributed by atoms with Gasteiger partial charge in [0.1, 0.15) is 11.4 Å². The smallest absolute Gasteiger partial charge is 0.274 e. The Morgan fingerprint density at radius 1 is 1.05 bits per heavy atom. The van der Waals surface area contributed by atoms with Crippen LogP contribution in [0.15, 0.2) is 59.1 Å². The first-order chi connectivity index (χ1) is 10.8. The molecule has 4 rings (SSSR count). The molecule has 0 aliphatic carbocycles. The Morgan fingerprint density at radius 2 is 1.86 bits per heavy atom. The molecule has 1 N–H and O–H groups in total. The maximum atomic E-state index is 5.37.